The first-order valence-corrected chi connectivity index (χ1v) is 12.9. The minimum Gasteiger partial charge on any atom is -0.506 e. The quantitative estimate of drug-likeness (QED) is 0.521. The largest absolute Gasteiger partial charge is 0.506 e. The number of phenols is 1. The van der Waals surface area contributed by atoms with Crippen LogP contribution in [-0.2, 0) is 10.2 Å². The van der Waals surface area contributed by atoms with Crippen LogP contribution in [-0.4, -0.2) is 69.9 Å². The Hall–Kier alpha value is -0.840. The van der Waals surface area contributed by atoms with Crippen LogP contribution in [0, 0.1) is 12.8 Å². The van der Waals surface area contributed by atoms with Gasteiger partial charge in [-0.15, -0.1) is 0 Å². The average molecular weight is 598 g/mol. The molecule has 4 rings (SSSR count). The number of carbonyl (C=O) groups is 1. The summed E-state index contributed by atoms with van der Waals surface area (Å²) in [6, 6.07) is 1.46. The van der Waals surface area contributed by atoms with Gasteiger partial charge in [-0.2, -0.15) is 13.2 Å². The summed E-state index contributed by atoms with van der Waals surface area (Å²) >= 11 is 6.87. The molecule has 1 aliphatic carbocycles. The predicted octanol–water partition coefficient (Wildman–Crippen LogP) is 4.88. The lowest BCUT2D eigenvalue weighted by Gasteiger charge is -2.58. The monoisotopic (exact) mass is 596 g/mol. The van der Waals surface area contributed by atoms with Crippen LogP contribution in [0.2, 0.25) is 0 Å². The molecule has 1 aromatic rings. The van der Waals surface area contributed by atoms with E-state index < -0.39 is 23.1 Å². The molecule has 5 nitrogen and oxygen atoms in total. The third-order valence-corrected chi connectivity index (χ3v) is 9.43. The molecule has 1 saturated carbocycles. The number of nitrogens with zero attached hydrogens (tertiary/aromatic N) is 2. The number of hydrogen-bond acceptors (Lipinski definition) is 4. The minimum atomic E-state index is -4.96. The number of alkyl halides is 3. The summed E-state index contributed by atoms with van der Waals surface area (Å²) in [5, 5.41) is 23.1. The van der Waals surface area contributed by atoms with E-state index in [9.17, 15) is 28.2 Å². The van der Waals surface area contributed by atoms with Gasteiger partial charge < -0.3 is 15.1 Å². The second kappa shape index (κ2) is 8.68. The Bertz CT molecular complexity index is 956. The summed E-state index contributed by atoms with van der Waals surface area (Å²) in [7, 11) is 0. The normalized spacial score (nSPS) is 31.3. The molecule has 3 atom stereocenters. The molecule has 0 radical (unpaired) electrons. The second-order valence-electron chi connectivity index (χ2n) is 9.87. The van der Waals surface area contributed by atoms with Gasteiger partial charge in [0.25, 0.3) is 0 Å². The zero-order chi connectivity index (χ0) is 24.3. The first-order chi connectivity index (χ1) is 15.3. The molecule has 3 unspecified atom stereocenters. The number of phenolic OH excluding ortho intramolecular Hbond substituents is 1. The zero-order valence-electron chi connectivity index (χ0n) is 18.7. The number of amides is 1. The average Bonchev–Trinajstić information content (AvgIpc) is 3.56. The van der Waals surface area contributed by atoms with Crippen LogP contribution < -0.4 is 0 Å². The van der Waals surface area contributed by atoms with E-state index in [1.54, 1.807) is 6.07 Å². The number of carbonyl (C=O) groups excluding carboxylic acids is 1. The molecular formula is C23H29Br2F3N2O3. The SMILES string of the molecule is Cc1cc(Br)c(O)c(Br)c1C12CCN(C(=O)C(F)(F)F)CCC1(O)C(C)N(CC1CC1)CC2. The van der Waals surface area contributed by atoms with Crippen LogP contribution in [0.5, 0.6) is 5.75 Å². The van der Waals surface area contributed by atoms with Gasteiger partial charge in [-0.05, 0) is 107 Å². The van der Waals surface area contributed by atoms with Crippen LogP contribution in [0.15, 0.2) is 15.0 Å². The summed E-state index contributed by atoms with van der Waals surface area (Å²) in [4.78, 5) is 15.2. The lowest BCUT2D eigenvalue weighted by molar-refractivity contribution is -0.185. The van der Waals surface area contributed by atoms with Crippen molar-refractivity contribution in [2.45, 2.75) is 69.2 Å². The van der Waals surface area contributed by atoms with Crippen molar-refractivity contribution in [2.24, 2.45) is 5.92 Å². The lowest BCUT2D eigenvalue weighted by atomic mass is 9.57. The van der Waals surface area contributed by atoms with Crippen LogP contribution in [0.3, 0.4) is 0 Å². The Morgan fingerprint density at radius 3 is 2.39 bits per heavy atom. The van der Waals surface area contributed by atoms with E-state index in [-0.39, 0.29) is 37.7 Å². The first kappa shape index (κ1) is 25.3. The van der Waals surface area contributed by atoms with Gasteiger partial charge in [0.1, 0.15) is 5.75 Å². The lowest BCUT2D eigenvalue weighted by Crippen LogP contribution is -2.68. The van der Waals surface area contributed by atoms with Crippen molar-refractivity contribution in [2.75, 3.05) is 26.2 Å². The number of fused-ring (bicyclic) bond motifs is 1. The van der Waals surface area contributed by atoms with E-state index in [2.05, 4.69) is 36.8 Å². The molecule has 1 aromatic carbocycles. The third kappa shape index (κ3) is 4.23. The summed E-state index contributed by atoms with van der Waals surface area (Å²) in [6.45, 7) is 5.09. The Morgan fingerprint density at radius 2 is 1.79 bits per heavy atom. The number of aromatic hydroxyl groups is 1. The fourth-order valence-electron chi connectivity index (χ4n) is 6.02. The van der Waals surface area contributed by atoms with E-state index >= 15 is 0 Å². The number of aliphatic hydroxyl groups is 1. The number of hydrogen-bond donors (Lipinski definition) is 2. The highest BCUT2D eigenvalue weighted by Crippen LogP contribution is 2.56. The summed E-state index contributed by atoms with van der Waals surface area (Å²) < 4.78 is 40.7. The van der Waals surface area contributed by atoms with Gasteiger partial charge in [-0.1, -0.05) is 0 Å². The number of benzene rings is 1. The second-order valence-corrected chi connectivity index (χ2v) is 11.5. The van der Waals surface area contributed by atoms with Crippen molar-refractivity contribution in [1.29, 1.82) is 0 Å². The molecule has 3 aliphatic rings. The standard InChI is InChI=1S/C23H29Br2F3N2O3/c1-13-11-16(24)19(31)18(25)17(13)21-5-8-29(20(32)23(26,27)28)10-7-22(21,33)14(2)30(9-6-21)12-15-3-4-15/h11,14-15,31,33H,3-10,12H2,1-2H3. The molecule has 3 fully saturated rings. The molecule has 0 aromatic heterocycles. The molecule has 184 valence electrons. The predicted molar refractivity (Wildman–Crippen MR) is 125 cm³/mol. The van der Waals surface area contributed by atoms with E-state index in [1.165, 1.54) is 0 Å². The van der Waals surface area contributed by atoms with E-state index in [1.807, 2.05) is 13.8 Å². The maximum absolute atomic E-state index is 13.3. The molecule has 2 aliphatic heterocycles. The van der Waals surface area contributed by atoms with Gasteiger partial charge in [0.05, 0.1) is 14.5 Å². The van der Waals surface area contributed by atoms with Crippen molar-refractivity contribution in [1.82, 2.24) is 9.80 Å². The topological polar surface area (TPSA) is 64.0 Å². The Morgan fingerprint density at radius 1 is 1.18 bits per heavy atom. The van der Waals surface area contributed by atoms with Gasteiger partial charge in [0.2, 0.25) is 0 Å². The van der Waals surface area contributed by atoms with Gasteiger partial charge in [-0.3, -0.25) is 9.69 Å². The van der Waals surface area contributed by atoms with E-state index in [0.29, 0.717) is 33.4 Å². The fraction of sp³-hybridized carbons (Fsp3) is 0.696. The number of halogens is 5. The molecule has 2 saturated heterocycles. The van der Waals surface area contributed by atoms with Crippen molar-refractivity contribution in [3.8, 4) is 5.75 Å². The van der Waals surface area contributed by atoms with Crippen molar-refractivity contribution < 1.29 is 28.2 Å². The van der Waals surface area contributed by atoms with Gasteiger partial charge in [-0.25, -0.2) is 0 Å². The van der Waals surface area contributed by atoms with Gasteiger partial charge in [0, 0.05) is 31.1 Å². The first-order valence-electron chi connectivity index (χ1n) is 11.3. The zero-order valence-corrected chi connectivity index (χ0v) is 21.9. The van der Waals surface area contributed by atoms with Crippen LogP contribution >= 0.6 is 31.9 Å². The minimum absolute atomic E-state index is 0.00661. The highest BCUT2D eigenvalue weighted by Gasteiger charge is 2.61. The Balaban J connectivity index is 1.83. The van der Waals surface area contributed by atoms with Crippen LogP contribution in [0.1, 0.15) is 50.2 Å². The summed E-state index contributed by atoms with van der Waals surface area (Å²) in [5.41, 5.74) is -0.768. The van der Waals surface area contributed by atoms with E-state index in [0.717, 1.165) is 29.8 Å². The molecule has 2 N–H and O–H groups in total. The smallest absolute Gasteiger partial charge is 0.471 e. The maximum Gasteiger partial charge on any atom is 0.471 e. The molecule has 2 heterocycles. The van der Waals surface area contributed by atoms with Crippen molar-refractivity contribution in [3.63, 3.8) is 0 Å². The maximum atomic E-state index is 13.3. The van der Waals surface area contributed by atoms with Crippen LogP contribution in [0.4, 0.5) is 13.2 Å². The molecule has 1 amide bonds. The summed E-state index contributed by atoms with van der Waals surface area (Å²) in [5.74, 6) is -1.27. The number of rotatable bonds is 3. The molecule has 0 bridgehead atoms. The Kier molecular flexibility index (Phi) is 6.64. The fourth-order valence-corrected chi connectivity index (χ4v) is 7.74. The molecule has 10 heteroatoms. The molecular weight excluding hydrogens is 569 g/mol. The van der Waals surface area contributed by atoms with Gasteiger partial charge in [0.15, 0.2) is 0 Å². The van der Waals surface area contributed by atoms with Crippen molar-refractivity contribution >= 4 is 37.8 Å². The third-order valence-electron chi connectivity index (χ3n) is 8.05. The van der Waals surface area contributed by atoms with Gasteiger partial charge >= 0.3 is 12.1 Å². The number of likely N-dealkylation sites (tertiary alicyclic amines) is 2. The highest BCUT2D eigenvalue weighted by atomic mass is 79.9. The number of piperidine rings is 1. The molecule has 0 spiro atoms. The summed E-state index contributed by atoms with van der Waals surface area (Å²) in [6.07, 6.45) is -1.92. The Labute approximate surface area is 208 Å². The van der Waals surface area contributed by atoms with Crippen LogP contribution in [0.25, 0.3) is 0 Å². The molecule has 33 heavy (non-hydrogen) atoms. The highest BCUT2D eigenvalue weighted by molar-refractivity contribution is 9.11. The number of aryl methyl sites for hydroxylation is 1. The van der Waals surface area contributed by atoms with E-state index in [4.69, 9.17) is 0 Å². The van der Waals surface area contributed by atoms with Crippen molar-refractivity contribution in [3.05, 3.63) is 26.1 Å².